The Labute approximate surface area is 126 Å². The van der Waals surface area contributed by atoms with Crippen molar-refractivity contribution in [1.29, 1.82) is 0 Å². The fourth-order valence-electron chi connectivity index (χ4n) is 1.70. The average molecular weight is 309 g/mol. The minimum Gasteiger partial charge on any atom is -0.382 e. The van der Waals surface area contributed by atoms with Crippen molar-refractivity contribution >= 4 is 28.2 Å². The van der Waals surface area contributed by atoms with Crippen LogP contribution in [0.3, 0.4) is 0 Å². The van der Waals surface area contributed by atoms with Crippen molar-refractivity contribution in [3.8, 4) is 0 Å². The minimum absolute atomic E-state index is 0.219. The lowest BCUT2D eigenvalue weighted by Crippen LogP contribution is -2.26. The number of hydrogen-bond donors (Lipinski definition) is 3. The van der Waals surface area contributed by atoms with Gasteiger partial charge in [-0.15, -0.1) is 10.2 Å². The smallest absolute Gasteiger partial charge is 0.265 e. The van der Waals surface area contributed by atoms with Crippen molar-refractivity contribution in [2.45, 2.75) is 26.3 Å². The maximum Gasteiger partial charge on any atom is 0.265 e. The van der Waals surface area contributed by atoms with E-state index in [0.717, 1.165) is 5.82 Å². The highest BCUT2D eigenvalue weighted by Gasteiger charge is 2.16. The van der Waals surface area contributed by atoms with E-state index in [4.69, 9.17) is 5.73 Å². The first-order chi connectivity index (χ1) is 9.97. The second-order valence-corrected chi connectivity index (χ2v) is 5.90. The molecule has 2 rings (SSSR count). The summed E-state index contributed by atoms with van der Waals surface area (Å²) in [6, 6.07) is 0.238. The third-order valence-electron chi connectivity index (χ3n) is 2.71. The van der Waals surface area contributed by atoms with E-state index in [1.54, 1.807) is 6.33 Å². The molecular weight excluding hydrogens is 290 g/mol. The molecular formula is C12H19N7OS. The van der Waals surface area contributed by atoms with Gasteiger partial charge in [-0.25, -0.2) is 4.98 Å². The lowest BCUT2D eigenvalue weighted by molar-refractivity contribution is 0.0958. The van der Waals surface area contributed by atoms with Crippen LogP contribution >= 0.6 is 11.3 Å². The molecule has 0 aliphatic rings. The van der Waals surface area contributed by atoms with Gasteiger partial charge in [0.25, 0.3) is 5.91 Å². The number of hydrogen-bond acceptors (Lipinski definition) is 7. The summed E-state index contributed by atoms with van der Waals surface area (Å²) in [4.78, 5) is 16.7. The highest BCUT2D eigenvalue weighted by molar-refractivity contribution is 7.18. The monoisotopic (exact) mass is 309 g/mol. The molecule has 21 heavy (non-hydrogen) atoms. The summed E-state index contributed by atoms with van der Waals surface area (Å²) in [6.45, 7) is 4.46. The first-order valence-electron chi connectivity index (χ1n) is 6.61. The summed E-state index contributed by atoms with van der Waals surface area (Å²) >= 11 is 1.25. The minimum atomic E-state index is -0.219. The molecule has 9 heteroatoms. The van der Waals surface area contributed by atoms with E-state index in [-0.39, 0.29) is 17.8 Å². The molecule has 0 atom stereocenters. The van der Waals surface area contributed by atoms with Gasteiger partial charge in [0.1, 0.15) is 22.8 Å². The second-order valence-electron chi connectivity index (χ2n) is 4.90. The van der Waals surface area contributed by atoms with Crippen LogP contribution in [0.5, 0.6) is 0 Å². The number of nitrogen functional groups attached to an aromatic ring is 1. The molecule has 8 nitrogen and oxygen atoms in total. The molecule has 0 aliphatic carbocycles. The molecule has 2 aromatic heterocycles. The van der Waals surface area contributed by atoms with E-state index in [2.05, 4.69) is 25.8 Å². The predicted molar refractivity (Wildman–Crippen MR) is 82.3 cm³/mol. The highest BCUT2D eigenvalue weighted by atomic mass is 32.1. The number of aromatic nitrogens is 4. The van der Waals surface area contributed by atoms with Gasteiger partial charge in [-0.05, 0) is 13.8 Å². The number of amides is 1. The Morgan fingerprint density at radius 1 is 1.52 bits per heavy atom. The Bertz CT molecular complexity index is 619. The van der Waals surface area contributed by atoms with Crippen LogP contribution in [0.4, 0.5) is 10.9 Å². The van der Waals surface area contributed by atoms with E-state index >= 15 is 0 Å². The molecule has 0 aliphatic heterocycles. The van der Waals surface area contributed by atoms with Crippen molar-refractivity contribution < 1.29 is 4.79 Å². The van der Waals surface area contributed by atoms with E-state index in [1.807, 2.05) is 25.5 Å². The topological polar surface area (TPSA) is 111 Å². The molecule has 1 amide bonds. The zero-order valence-corrected chi connectivity index (χ0v) is 13.1. The summed E-state index contributed by atoms with van der Waals surface area (Å²) in [5.41, 5.74) is 5.78. The van der Waals surface area contributed by atoms with Gasteiger partial charge in [0, 0.05) is 26.1 Å². The molecule has 114 valence electrons. The molecule has 0 unspecified atom stereocenters. The van der Waals surface area contributed by atoms with Gasteiger partial charge in [0.15, 0.2) is 5.13 Å². The van der Waals surface area contributed by atoms with Crippen molar-refractivity contribution in [2.75, 3.05) is 17.6 Å². The number of carbonyl (C=O) groups is 1. The second kappa shape index (κ2) is 6.53. The van der Waals surface area contributed by atoms with Gasteiger partial charge in [-0.1, -0.05) is 11.3 Å². The third kappa shape index (κ3) is 3.91. The van der Waals surface area contributed by atoms with Crippen LogP contribution in [0.25, 0.3) is 0 Å². The highest BCUT2D eigenvalue weighted by Crippen LogP contribution is 2.25. The van der Waals surface area contributed by atoms with Gasteiger partial charge in [0.05, 0.1) is 0 Å². The zero-order valence-electron chi connectivity index (χ0n) is 12.3. The Balaban J connectivity index is 1.91. The zero-order chi connectivity index (χ0) is 15.4. The molecule has 0 radical (unpaired) electrons. The Morgan fingerprint density at radius 3 is 2.90 bits per heavy atom. The van der Waals surface area contributed by atoms with E-state index < -0.39 is 0 Å². The van der Waals surface area contributed by atoms with E-state index in [9.17, 15) is 4.79 Å². The van der Waals surface area contributed by atoms with Crippen molar-refractivity contribution in [3.05, 3.63) is 17.0 Å². The van der Waals surface area contributed by atoms with E-state index in [0.29, 0.717) is 23.0 Å². The number of nitrogens with one attached hydrogen (secondary N) is 2. The number of rotatable bonds is 6. The first kappa shape index (κ1) is 15.2. The van der Waals surface area contributed by atoms with Crippen LogP contribution in [0.15, 0.2) is 6.33 Å². The van der Waals surface area contributed by atoms with Crippen molar-refractivity contribution in [1.82, 2.24) is 25.1 Å². The van der Waals surface area contributed by atoms with Gasteiger partial charge in [-0.3, -0.25) is 4.79 Å². The summed E-state index contributed by atoms with van der Waals surface area (Å²) < 4.78 is 1.82. The van der Waals surface area contributed by atoms with Crippen molar-refractivity contribution in [3.63, 3.8) is 0 Å². The molecule has 0 spiro atoms. The lowest BCUT2D eigenvalue weighted by atomic mass is 10.4. The van der Waals surface area contributed by atoms with Crippen LogP contribution in [0, 0.1) is 0 Å². The normalized spacial score (nSPS) is 10.9. The number of nitrogens with two attached hydrogens (primary N) is 1. The van der Waals surface area contributed by atoms with Crippen LogP contribution in [-0.4, -0.2) is 38.2 Å². The molecule has 0 bridgehead atoms. The number of nitrogens with zero attached hydrogens (tertiary/aromatic N) is 4. The Kier molecular flexibility index (Phi) is 4.73. The molecule has 2 heterocycles. The molecule has 4 N–H and O–H groups in total. The largest absolute Gasteiger partial charge is 0.382 e. The summed E-state index contributed by atoms with van der Waals surface area (Å²) in [6.07, 6.45) is 2.24. The predicted octanol–water partition coefficient (Wildman–Crippen LogP) is 0.647. The standard InChI is InChI=1S/C12H19N7OS/c1-7(2)16-12-17-10(13)9(21-12)11(20)14-5-4-8-18-15-6-19(8)3/h6-7H,4-5,13H2,1-3H3,(H,14,20)(H,16,17). The Morgan fingerprint density at radius 2 is 2.29 bits per heavy atom. The van der Waals surface area contributed by atoms with Gasteiger partial charge >= 0.3 is 0 Å². The van der Waals surface area contributed by atoms with Crippen LogP contribution in [-0.2, 0) is 13.5 Å². The van der Waals surface area contributed by atoms with Gasteiger partial charge in [0.2, 0.25) is 0 Å². The number of anilines is 2. The molecule has 2 aromatic rings. The maximum absolute atomic E-state index is 12.1. The maximum atomic E-state index is 12.1. The molecule has 0 fully saturated rings. The molecule has 0 saturated carbocycles. The summed E-state index contributed by atoms with van der Waals surface area (Å²) in [5, 5.41) is 14.3. The lowest BCUT2D eigenvalue weighted by Gasteiger charge is -2.04. The van der Waals surface area contributed by atoms with Crippen LogP contribution < -0.4 is 16.4 Å². The molecule has 0 saturated heterocycles. The third-order valence-corrected chi connectivity index (χ3v) is 3.71. The quantitative estimate of drug-likeness (QED) is 0.722. The summed E-state index contributed by atoms with van der Waals surface area (Å²) in [7, 11) is 1.86. The number of carbonyl (C=O) groups excluding carboxylic acids is 1. The SMILES string of the molecule is CC(C)Nc1nc(N)c(C(=O)NCCc2nncn2C)s1. The van der Waals surface area contributed by atoms with Crippen LogP contribution in [0.2, 0.25) is 0 Å². The average Bonchev–Trinajstić information content (AvgIpc) is 2.95. The van der Waals surface area contributed by atoms with Crippen molar-refractivity contribution in [2.24, 2.45) is 7.05 Å². The first-order valence-corrected chi connectivity index (χ1v) is 7.43. The van der Waals surface area contributed by atoms with Gasteiger partial charge in [-0.2, -0.15) is 0 Å². The fraction of sp³-hybridized carbons (Fsp3) is 0.500. The Hall–Kier alpha value is -2.16. The fourth-order valence-corrected chi connectivity index (χ4v) is 2.65. The molecule has 0 aromatic carbocycles. The van der Waals surface area contributed by atoms with Gasteiger partial charge < -0.3 is 20.9 Å². The number of aryl methyl sites for hydroxylation is 1. The number of thiazole rings is 1. The van der Waals surface area contributed by atoms with Crippen LogP contribution in [0.1, 0.15) is 29.3 Å². The van der Waals surface area contributed by atoms with E-state index in [1.165, 1.54) is 11.3 Å². The summed E-state index contributed by atoms with van der Waals surface area (Å²) in [5.74, 6) is 0.845.